The van der Waals surface area contributed by atoms with E-state index in [0.29, 0.717) is 43.2 Å². The second kappa shape index (κ2) is 10.4. The number of hydrogen-bond donors (Lipinski definition) is 1. The van der Waals surface area contributed by atoms with Crippen molar-refractivity contribution in [3.05, 3.63) is 71.2 Å². The second-order valence-corrected chi connectivity index (χ2v) is 6.46. The number of nitrogens with zero attached hydrogens (tertiary/aromatic N) is 2. The maximum absolute atomic E-state index is 13.3. The Kier molecular flexibility index (Phi) is 7.37. The van der Waals surface area contributed by atoms with Gasteiger partial charge in [-0.1, -0.05) is 18.2 Å². The molecule has 30 heavy (non-hydrogen) atoms. The van der Waals surface area contributed by atoms with Gasteiger partial charge < -0.3 is 19.2 Å². The van der Waals surface area contributed by atoms with Crippen LogP contribution in [-0.4, -0.2) is 35.9 Å². The first-order chi connectivity index (χ1) is 14.6. The molecule has 8 heteroatoms. The summed E-state index contributed by atoms with van der Waals surface area (Å²) >= 11 is 0. The van der Waals surface area contributed by atoms with Crippen LogP contribution in [0.15, 0.2) is 46.9 Å². The van der Waals surface area contributed by atoms with Gasteiger partial charge in [0.05, 0.1) is 19.6 Å². The van der Waals surface area contributed by atoms with Gasteiger partial charge in [-0.15, -0.1) is 10.2 Å². The summed E-state index contributed by atoms with van der Waals surface area (Å²) in [5, 5.41) is 10.4. The van der Waals surface area contributed by atoms with E-state index in [1.54, 1.807) is 12.1 Å². The van der Waals surface area contributed by atoms with Gasteiger partial charge in [0, 0.05) is 6.54 Å². The number of nitrogens with one attached hydrogen (secondary N) is 1. The Morgan fingerprint density at radius 3 is 2.60 bits per heavy atom. The number of aromatic nitrogens is 2. The molecule has 0 fully saturated rings. The van der Waals surface area contributed by atoms with Crippen LogP contribution in [0.2, 0.25) is 0 Å². The Morgan fingerprint density at radius 1 is 1.03 bits per heavy atom. The Bertz CT molecular complexity index is 990. The van der Waals surface area contributed by atoms with Gasteiger partial charge in [-0.05, 0) is 55.7 Å². The molecule has 0 radical (unpaired) electrons. The predicted octanol–water partition coefficient (Wildman–Crippen LogP) is 3.57. The van der Waals surface area contributed by atoms with Crippen LogP contribution in [0.5, 0.6) is 11.5 Å². The van der Waals surface area contributed by atoms with Gasteiger partial charge in [-0.3, -0.25) is 4.79 Å². The van der Waals surface area contributed by atoms with E-state index in [0.717, 1.165) is 5.56 Å². The molecule has 158 valence electrons. The second-order valence-electron chi connectivity index (χ2n) is 6.46. The minimum absolute atomic E-state index is 0.122. The maximum atomic E-state index is 13.3. The lowest BCUT2D eigenvalue weighted by Gasteiger charge is -2.12. The molecule has 0 unspecified atom stereocenters. The molecule has 1 N–H and O–H groups in total. The highest BCUT2D eigenvalue weighted by Gasteiger charge is 2.15. The summed E-state index contributed by atoms with van der Waals surface area (Å²) in [6.07, 6.45) is 0.854. The monoisotopic (exact) mass is 413 g/mol. The van der Waals surface area contributed by atoms with E-state index < -0.39 is 5.91 Å². The molecule has 2 aromatic carbocycles. The normalized spacial score (nSPS) is 10.6. The van der Waals surface area contributed by atoms with Crippen LogP contribution in [0.3, 0.4) is 0 Å². The number of carbonyl (C=O) groups is 1. The Balaban J connectivity index is 1.53. The zero-order chi connectivity index (χ0) is 21.3. The number of benzene rings is 2. The number of ether oxygens (including phenoxy) is 2. The van der Waals surface area contributed by atoms with Crippen molar-refractivity contribution in [1.82, 2.24) is 15.5 Å². The first-order valence-corrected chi connectivity index (χ1v) is 9.82. The summed E-state index contributed by atoms with van der Waals surface area (Å²) in [5.74, 6) is 0.711. The molecule has 1 amide bonds. The van der Waals surface area contributed by atoms with Crippen molar-refractivity contribution in [1.29, 1.82) is 0 Å². The third kappa shape index (κ3) is 5.79. The largest absolute Gasteiger partial charge is 0.490 e. The van der Waals surface area contributed by atoms with E-state index in [4.69, 9.17) is 13.9 Å². The lowest BCUT2D eigenvalue weighted by Crippen LogP contribution is -2.26. The molecule has 0 spiro atoms. The summed E-state index contributed by atoms with van der Waals surface area (Å²) in [4.78, 5) is 12.3. The summed E-state index contributed by atoms with van der Waals surface area (Å²) < 4.78 is 29.8. The van der Waals surface area contributed by atoms with Crippen LogP contribution in [0, 0.1) is 5.82 Å². The number of carbonyl (C=O) groups excluding carboxylic acids is 1. The van der Waals surface area contributed by atoms with Crippen LogP contribution in [0.4, 0.5) is 4.39 Å². The Hall–Kier alpha value is -3.42. The molecule has 0 aliphatic carbocycles. The first-order valence-electron chi connectivity index (χ1n) is 9.82. The molecule has 7 nitrogen and oxygen atoms in total. The topological polar surface area (TPSA) is 86.5 Å². The molecule has 3 rings (SSSR count). The van der Waals surface area contributed by atoms with Crippen molar-refractivity contribution in [2.24, 2.45) is 0 Å². The van der Waals surface area contributed by atoms with E-state index in [1.807, 2.05) is 32.0 Å². The van der Waals surface area contributed by atoms with E-state index in [9.17, 15) is 9.18 Å². The van der Waals surface area contributed by atoms with E-state index >= 15 is 0 Å². The summed E-state index contributed by atoms with van der Waals surface area (Å²) in [5.41, 5.74) is 1.69. The zero-order valence-corrected chi connectivity index (χ0v) is 17.0. The molecule has 0 atom stereocenters. The number of rotatable bonds is 10. The minimum Gasteiger partial charge on any atom is -0.490 e. The standard InChI is InChI=1S/C22H24FN3O4/c1-3-28-18-9-8-15(13-19(18)29-4-2)10-11-24-21(27)22-26-25-20(30-22)14-16-6-5-7-17(23)12-16/h5-9,12-13H,3-4,10-11,14H2,1-2H3,(H,24,27). The minimum atomic E-state index is -0.455. The average molecular weight is 413 g/mol. The van der Waals surface area contributed by atoms with Crippen LogP contribution < -0.4 is 14.8 Å². The zero-order valence-electron chi connectivity index (χ0n) is 17.0. The third-order valence-electron chi connectivity index (χ3n) is 4.21. The van der Waals surface area contributed by atoms with Crippen LogP contribution in [-0.2, 0) is 12.8 Å². The summed E-state index contributed by atoms with van der Waals surface area (Å²) in [6.45, 7) is 5.31. The summed E-state index contributed by atoms with van der Waals surface area (Å²) in [6, 6.07) is 11.8. The molecule has 1 aromatic heterocycles. The van der Waals surface area contributed by atoms with Crippen LogP contribution in [0.25, 0.3) is 0 Å². The average Bonchev–Trinajstić information content (AvgIpc) is 3.19. The molecule has 0 saturated carbocycles. The lowest BCUT2D eigenvalue weighted by atomic mass is 10.1. The molecular formula is C22H24FN3O4. The van der Waals surface area contributed by atoms with Crippen molar-refractivity contribution in [3.63, 3.8) is 0 Å². The van der Waals surface area contributed by atoms with Crippen molar-refractivity contribution in [2.75, 3.05) is 19.8 Å². The number of amides is 1. The van der Waals surface area contributed by atoms with Gasteiger partial charge in [-0.25, -0.2) is 4.39 Å². The highest BCUT2D eigenvalue weighted by molar-refractivity contribution is 5.89. The van der Waals surface area contributed by atoms with Crippen molar-refractivity contribution in [3.8, 4) is 11.5 Å². The van der Waals surface area contributed by atoms with Gasteiger partial charge in [0.15, 0.2) is 11.5 Å². The Labute approximate surface area is 174 Å². The van der Waals surface area contributed by atoms with Crippen LogP contribution >= 0.6 is 0 Å². The SMILES string of the molecule is CCOc1ccc(CCNC(=O)c2nnc(Cc3cccc(F)c3)o2)cc1OCC. The molecule has 0 saturated heterocycles. The first kappa shape index (κ1) is 21.3. The van der Waals surface area contributed by atoms with Gasteiger partial charge >= 0.3 is 11.8 Å². The Morgan fingerprint density at radius 2 is 1.83 bits per heavy atom. The van der Waals surface area contributed by atoms with E-state index in [2.05, 4.69) is 15.5 Å². The van der Waals surface area contributed by atoms with Gasteiger partial charge in [0.1, 0.15) is 5.82 Å². The number of halogens is 1. The molecule has 1 heterocycles. The summed E-state index contributed by atoms with van der Waals surface area (Å²) in [7, 11) is 0. The quantitative estimate of drug-likeness (QED) is 0.547. The van der Waals surface area contributed by atoms with Gasteiger partial charge in [-0.2, -0.15) is 0 Å². The fraction of sp³-hybridized carbons (Fsp3) is 0.318. The smallest absolute Gasteiger partial charge is 0.308 e. The molecule has 0 aliphatic heterocycles. The fourth-order valence-electron chi connectivity index (χ4n) is 2.89. The molecule has 3 aromatic rings. The van der Waals surface area contributed by atoms with Crippen molar-refractivity contribution >= 4 is 5.91 Å². The predicted molar refractivity (Wildman–Crippen MR) is 108 cm³/mol. The molecule has 0 aliphatic rings. The van der Waals surface area contributed by atoms with Crippen molar-refractivity contribution < 1.29 is 23.1 Å². The fourth-order valence-corrected chi connectivity index (χ4v) is 2.89. The highest BCUT2D eigenvalue weighted by Crippen LogP contribution is 2.28. The van der Waals surface area contributed by atoms with Crippen LogP contribution in [0.1, 0.15) is 41.6 Å². The molecular weight excluding hydrogens is 389 g/mol. The van der Waals surface area contributed by atoms with Gasteiger partial charge in [0.25, 0.3) is 0 Å². The highest BCUT2D eigenvalue weighted by atomic mass is 19.1. The molecule has 0 bridgehead atoms. The maximum Gasteiger partial charge on any atom is 0.308 e. The van der Waals surface area contributed by atoms with Crippen molar-refractivity contribution in [2.45, 2.75) is 26.7 Å². The van der Waals surface area contributed by atoms with E-state index in [1.165, 1.54) is 12.1 Å². The van der Waals surface area contributed by atoms with Gasteiger partial charge in [0.2, 0.25) is 5.89 Å². The lowest BCUT2D eigenvalue weighted by molar-refractivity contribution is 0.0918. The number of hydrogen-bond acceptors (Lipinski definition) is 6. The van der Waals surface area contributed by atoms with E-state index in [-0.39, 0.29) is 24.0 Å². The third-order valence-corrected chi connectivity index (χ3v) is 4.21.